The summed E-state index contributed by atoms with van der Waals surface area (Å²) in [4.78, 5) is 16.7. The number of aromatic nitrogens is 2. The topological polar surface area (TPSA) is 67.2 Å². The van der Waals surface area contributed by atoms with Gasteiger partial charge in [-0.1, -0.05) is 106 Å². The second-order valence-corrected chi connectivity index (χ2v) is 13.0. The maximum atomic E-state index is 11.6. The Balaban J connectivity index is 1.44. The van der Waals surface area contributed by atoms with Crippen molar-refractivity contribution < 1.29 is 9.90 Å². The van der Waals surface area contributed by atoms with Crippen LogP contribution in [0.4, 0.5) is 5.69 Å². The fourth-order valence-electron chi connectivity index (χ4n) is 5.22. The number of carbonyl (C=O) groups is 1. The van der Waals surface area contributed by atoms with Crippen LogP contribution in [-0.2, 0) is 16.6 Å². The minimum Gasteiger partial charge on any atom is -0.480 e. The molecule has 0 aliphatic carbocycles. The van der Waals surface area contributed by atoms with E-state index in [0.717, 1.165) is 46.0 Å². The van der Waals surface area contributed by atoms with Gasteiger partial charge in [0.25, 0.3) is 0 Å². The van der Waals surface area contributed by atoms with E-state index in [1.165, 1.54) is 11.1 Å². The fraction of sp³-hybridized carbons (Fsp3) is 0.243. The number of benzene rings is 4. The summed E-state index contributed by atoms with van der Waals surface area (Å²) >= 11 is 12.7. The molecule has 7 heteroatoms. The Morgan fingerprint density at radius 2 is 1.55 bits per heavy atom. The highest BCUT2D eigenvalue weighted by Crippen LogP contribution is 2.32. The first-order valence-electron chi connectivity index (χ1n) is 14.8. The summed E-state index contributed by atoms with van der Waals surface area (Å²) in [6.45, 7) is 8.64. The number of hydrogen-bond donors (Lipinski definition) is 2. The van der Waals surface area contributed by atoms with Crippen molar-refractivity contribution >= 4 is 34.9 Å². The van der Waals surface area contributed by atoms with Gasteiger partial charge in [-0.3, -0.25) is 0 Å². The lowest BCUT2D eigenvalue weighted by molar-refractivity contribution is -0.138. The largest absolute Gasteiger partial charge is 0.480 e. The molecule has 1 heterocycles. The second-order valence-electron chi connectivity index (χ2n) is 12.1. The number of nitrogens with one attached hydrogen (secondary N) is 1. The van der Waals surface area contributed by atoms with Crippen molar-refractivity contribution in [2.24, 2.45) is 0 Å². The van der Waals surface area contributed by atoms with Crippen molar-refractivity contribution in [2.75, 3.05) is 5.32 Å². The van der Waals surface area contributed by atoms with E-state index in [4.69, 9.17) is 28.2 Å². The summed E-state index contributed by atoms with van der Waals surface area (Å²) in [5.74, 6) is -0.00588. The number of nitrogens with zero attached hydrogens (tertiary/aromatic N) is 2. The molecule has 2 N–H and O–H groups in total. The van der Waals surface area contributed by atoms with Gasteiger partial charge < -0.3 is 15.0 Å². The maximum absolute atomic E-state index is 11.6. The molecule has 5 rings (SSSR count). The molecule has 0 amide bonds. The highest BCUT2D eigenvalue weighted by Gasteiger charge is 2.18. The molecular formula is C37H37Cl2N3O2. The molecular weight excluding hydrogens is 589 g/mol. The van der Waals surface area contributed by atoms with Gasteiger partial charge in [0.2, 0.25) is 0 Å². The van der Waals surface area contributed by atoms with Gasteiger partial charge in [0, 0.05) is 34.6 Å². The lowest BCUT2D eigenvalue weighted by atomic mass is 9.86. The zero-order valence-electron chi connectivity index (χ0n) is 25.4. The Morgan fingerprint density at radius 3 is 2.11 bits per heavy atom. The first-order valence-corrected chi connectivity index (χ1v) is 15.6. The zero-order valence-corrected chi connectivity index (χ0v) is 27.0. The molecule has 0 aliphatic heterocycles. The summed E-state index contributed by atoms with van der Waals surface area (Å²) in [5.41, 5.74) is 8.11. The number of imidazole rings is 1. The predicted molar refractivity (Wildman–Crippen MR) is 182 cm³/mol. The average Bonchev–Trinajstić information content (AvgIpc) is 3.40. The van der Waals surface area contributed by atoms with E-state index in [-0.39, 0.29) is 5.41 Å². The molecule has 5 aromatic rings. The Labute approximate surface area is 269 Å². The van der Waals surface area contributed by atoms with Crippen LogP contribution in [0, 0.1) is 0 Å². The number of rotatable bonds is 10. The third-order valence-electron chi connectivity index (χ3n) is 7.75. The van der Waals surface area contributed by atoms with Crippen molar-refractivity contribution in [2.45, 2.75) is 58.4 Å². The summed E-state index contributed by atoms with van der Waals surface area (Å²) < 4.78 is 2.06. The van der Waals surface area contributed by atoms with E-state index < -0.39 is 12.0 Å². The molecule has 1 atom stereocenters. The number of aliphatic carboxylic acids is 1. The standard InChI is InChI=1S/C37H37Cl2N3O2/c1-5-6-33(36(43)44)40-29-16-18-30(19-17-29)42-23-34(31-20-15-28(38)22-32(31)39)41-35(42)21-24-7-9-25(10-8-24)26-11-13-27(14-12-26)37(2,3)4/h7-20,22-23,33,40H,5-6,21H2,1-4H3,(H,43,44)/t33-/m0/s1. The predicted octanol–water partition coefficient (Wildman–Crippen LogP) is 10.1. The monoisotopic (exact) mass is 625 g/mol. The smallest absolute Gasteiger partial charge is 0.326 e. The van der Waals surface area contributed by atoms with Crippen LogP contribution in [0.15, 0.2) is 97.2 Å². The minimum atomic E-state index is -0.856. The van der Waals surface area contributed by atoms with Crippen LogP contribution in [0.2, 0.25) is 10.0 Å². The summed E-state index contributed by atoms with van der Waals surface area (Å²) in [7, 11) is 0. The van der Waals surface area contributed by atoms with Crippen molar-refractivity contribution in [1.29, 1.82) is 0 Å². The van der Waals surface area contributed by atoms with Gasteiger partial charge in [-0.25, -0.2) is 9.78 Å². The molecule has 0 bridgehead atoms. The molecule has 0 unspecified atom stereocenters. The maximum Gasteiger partial charge on any atom is 0.326 e. The molecule has 0 radical (unpaired) electrons. The molecule has 44 heavy (non-hydrogen) atoms. The Hall–Kier alpha value is -4.06. The quantitative estimate of drug-likeness (QED) is 0.162. The van der Waals surface area contributed by atoms with Crippen LogP contribution in [-0.4, -0.2) is 26.7 Å². The van der Waals surface area contributed by atoms with Gasteiger partial charge in [0.05, 0.1) is 10.7 Å². The lowest BCUT2D eigenvalue weighted by Gasteiger charge is -2.19. The highest BCUT2D eigenvalue weighted by molar-refractivity contribution is 6.36. The van der Waals surface area contributed by atoms with Crippen molar-refractivity contribution in [3.63, 3.8) is 0 Å². The lowest BCUT2D eigenvalue weighted by Crippen LogP contribution is -2.28. The molecule has 0 fully saturated rings. The van der Waals surface area contributed by atoms with Gasteiger partial charge in [-0.2, -0.15) is 0 Å². The second kappa shape index (κ2) is 13.3. The third kappa shape index (κ3) is 7.35. The molecule has 0 saturated carbocycles. The molecule has 5 nitrogen and oxygen atoms in total. The van der Waals surface area contributed by atoms with Crippen molar-refractivity contribution in [3.8, 4) is 28.1 Å². The van der Waals surface area contributed by atoms with E-state index >= 15 is 0 Å². The molecule has 226 valence electrons. The molecule has 0 spiro atoms. The van der Waals surface area contributed by atoms with E-state index in [1.807, 2.05) is 49.5 Å². The normalized spacial score (nSPS) is 12.2. The molecule has 4 aromatic carbocycles. The van der Waals surface area contributed by atoms with Crippen LogP contribution in [0.25, 0.3) is 28.1 Å². The van der Waals surface area contributed by atoms with Gasteiger partial charge in [0.15, 0.2) is 0 Å². The summed E-state index contributed by atoms with van der Waals surface area (Å²) in [6, 6.07) is 29.9. The van der Waals surface area contributed by atoms with Gasteiger partial charge >= 0.3 is 5.97 Å². The Kier molecular flexibility index (Phi) is 9.48. The molecule has 0 aliphatic rings. The minimum absolute atomic E-state index is 0.117. The highest BCUT2D eigenvalue weighted by atomic mass is 35.5. The van der Waals surface area contributed by atoms with Crippen LogP contribution in [0.5, 0.6) is 0 Å². The van der Waals surface area contributed by atoms with E-state index in [2.05, 4.69) is 79.2 Å². The van der Waals surface area contributed by atoms with Crippen molar-refractivity contribution in [1.82, 2.24) is 9.55 Å². The van der Waals surface area contributed by atoms with E-state index in [9.17, 15) is 9.90 Å². The Bertz CT molecular complexity index is 1740. The van der Waals surface area contributed by atoms with E-state index in [1.54, 1.807) is 6.07 Å². The number of halogens is 2. The number of hydrogen-bond acceptors (Lipinski definition) is 3. The SMILES string of the molecule is CCC[C@H](Nc1ccc(-n2cc(-c3ccc(Cl)cc3Cl)nc2Cc2ccc(-c3ccc(C(C)(C)C)cc3)cc2)cc1)C(=O)O. The Morgan fingerprint density at radius 1 is 0.909 bits per heavy atom. The van der Waals surface area contributed by atoms with Crippen LogP contribution >= 0.6 is 23.2 Å². The van der Waals surface area contributed by atoms with Gasteiger partial charge in [0.1, 0.15) is 11.9 Å². The van der Waals surface area contributed by atoms with Crippen LogP contribution in [0.1, 0.15) is 57.5 Å². The van der Waals surface area contributed by atoms with E-state index in [0.29, 0.717) is 22.9 Å². The average molecular weight is 627 g/mol. The third-order valence-corrected chi connectivity index (χ3v) is 8.30. The molecule has 1 aromatic heterocycles. The van der Waals surface area contributed by atoms with Crippen molar-refractivity contribution in [3.05, 3.63) is 124 Å². The van der Waals surface area contributed by atoms with Gasteiger partial charge in [-0.15, -0.1) is 0 Å². The first kappa shape index (κ1) is 31.4. The summed E-state index contributed by atoms with van der Waals surface area (Å²) in [6.07, 6.45) is 3.91. The molecule has 0 saturated heterocycles. The number of carboxylic acid groups (broad SMARTS) is 1. The van der Waals surface area contributed by atoms with Crippen LogP contribution < -0.4 is 5.32 Å². The van der Waals surface area contributed by atoms with Crippen LogP contribution in [0.3, 0.4) is 0 Å². The number of anilines is 1. The van der Waals surface area contributed by atoms with Gasteiger partial charge in [-0.05, 0) is 76.6 Å². The fourth-order valence-corrected chi connectivity index (χ4v) is 5.72. The number of carboxylic acids is 1. The first-order chi connectivity index (χ1) is 21.0. The zero-order chi connectivity index (χ0) is 31.4. The summed E-state index contributed by atoms with van der Waals surface area (Å²) in [5, 5.41) is 13.8.